The number of aliphatic hydroxyl groups is 1. The number of nitrogens with two attached hydrogens (primary N) is 1. The van der Waals surface area contributed by atoms with Gasteiger partial charge in [-0.05, 0) is 18.6 Å². The Morgan fingerprint density at radius 3 is 2.83 bits per heavy atom. The van der Waals surface area contributed by atoms with Crippen molar-refractivity contribution in [3.63, 3.8) is 0 Å². The molecular formula is C12H19N3O2S. The van der Waals surface area contributed by atoms with Gasteiger partial charge < -0.3 is 20.5 Å². The second-order valence-electron chi connectivity index (χ2n) is 3.89. The molecule has 1 heterocycles. The number of thiocarbonyl (C=S) groups is 1. The highest BCUT2D eigenvalue weighted by Crippen LogP contribution is 2.20. The normalized spacial score (nSPS) is 10.4. The van der Waals surface area contributed by atoms with Gasteiger partial charge >= 0.3 is 0 Å². The predicted octanol–water partition coefficient (Wildman–Crippen LogP) is 0.469. The zero-order valence-corrected chi connectivity index (χ0v) is 11.5. The third-order valence-electron chi connectivity index (χ3n) is 2.62. The van der Waals surface area contributed by atoms with E-state index in [1.807, 2.05) is 17.9 Å². The van der Waals surface area contributed by atoms with Gasteiger partial charge in [-0.2, -0.15) is 0 Å². The smallest absolute Gasteiger partial charge is 0.139 e. The van der Waals surface area contributed by atoms with Crippen LogP contribution in [0.3, 0.4) is 0 Å². The average Bonchev–Trinajstić information content (AvgIpc) is 2.33. The molecule has 0 aromatic carbocycles. The molecule has 0 spiro atoms. The molecule has 0 saturated carbocycles. The molecule has 0 fully saturated rings. The van der Waals surface area contributed by atoms with E-state index < -0.39 is 0 Å². The Morgan fingerprint density at radius 1 is 1.56 bits per heavy atom. The van der Waals surface area contributed by atoms with Crippen LogP contribution in [0.25, 0.3) is 0 Å². The molecule has 6 heteroatoms. The van der Waals surface area contributed by atoms with Crippen LogP contribution in [0.4, 0.5) is 5.82 Å². The number of anilines is 1. The zero-order valence-electron chi connectivity index (χ0n) is 10.7. The number of aryl methyl sites for hydroxylation is 1. The Kier molecular flexibility index (Phi) is 5.97. The standard InChI is InChI=1S/C12H19N3O2S/c1-9-3-4-14-12(10(9)11(13)18)15(5-7-16)6-8-17-2/h3-4,16H,5-8H2,1-2H3,(H2,13,18). The van der Waals surface area contributed by atoms with Gasteiger partial charge in [-0.15, -0.1) is 0 Å². The van der Waals surface area contributed by atoms with Gasteiger partial charge in [0.15, 0.2) is 0 Å². The molecular weight excluding hydrogens is 250 g/mol. The predicted molar refractivity (Wildman–Crippen MR) is 76.0 cm³/mol. The summed E-state index contributed by atoms with van der Waals surface area (Å²) < 4.78 is 5.06. The van der Waals surface area contributed by atoms with E-state index in [2.05, 4.69) is 4.98 Å². The molecule has 0 aliphatic carbocycles. The summed E-state index contributed by atoms with van der Waals surface area (Å²) in [5.74, 6) is 0.702. The number of methoxy groups -OCH3 is 1. The summed E-state index contributed by atoms with van der Waals surface area (Å²) >= 11 is 5.07. The third kappa shape index (κ3) is 3.63. The summed E-state index contributed by atoms with van der Waals surface area (Å²) in [5, 5.41) is 9.12. The lowest BCUT2D eigenvalue weighted by Gasteiger charge is -2.25. The van der Waals surface area contributed by atoms with Gasteiger partial charge in [-0.1, -0.05) is 12.2 Å². The number of ether oxygens (including phenoxy) is 1. The molecule has 18 heavy (non-hydrogen) atoms. The van der Waals surface area contributed by atoms with Crippen molar-refractivity contribution in [3.8, 4) is 0 Å². The Labute approximate surface area is 113 Å². The number of pyridine rings is 1. The van der Waals surface area contributed by atoms with E-state index in [0.717, 1.165) is 11.1 Å². The Balaban J connectivity index is 3.10. The first-order valence-electron chi connectivity index (χ1n) is 5.72. The topological polar surface area (TPSA) is 71.6 Å². The summed E-state index contributed by atoms with van der Waals surface area (Å²) in [5.41, 5.74) is 7.49. The molecule has 0 radical (unpaired) electrons. The first kappa shape index (κ1) is 14.8. The van der Waals surface area contributed by atoms with Crippen molar-refractivity contribution in [1.82, 2.24) is 4.98 Å². The van der Waals surface area contributed by atoms with Gasteiger partial charge in [0.25, 0.3) is 0 Å². The van der Waals surface area contributed by atoms with Crippen LogP contribution >= 0.6 is 12.2 Å². The second kappa shape index (κ2) is 7.25. The highest BCUT2D eigenvalue weighted by Gasteiger charge is 2.16. The van der Waals surface area contributed by atoms with E-state index in [9.17, 15) is 0 Å². The Morgan fingerprint density at radius 2 is 2.28 bits per heavy atom. The summed E-state index contributed by atoms with van der Waals surface area (Å²) in [7, 11) is 1.63. The summed E-state index contributed by atoms with van der Waals surface area (Å²) in [4.78, 5) is 6.56. The first-order chi connectivity index (χ1) is 8.61. The molecule has 0 bridgehead atoms. The van der Waals surface area contributed by atoms with Crippen molar-refractivity contribution in [2.24, 2.45) is 5.73 Å². The molecule has 5 nitrogen and oxygen atoms in total. The van der Waals surface area contributed by atoms with Crippen molar-refractivity contribution in [2.75, 3.05) is 38.3 Å². The number of hydrogen-bond acceptors (Lipinski definition) is 5. The fraction of sp³-hybridized carbons (Fsp3) is 0.500. The third-order valence-corrected chi connectivity index (χ3v) is 2.82. The van der Waals surface area contributed by atoms with Gasteiger partial charge in [0.1, 0.15) is 10.8 Å². The van der Waals surface area contributed by atoms with E-state index >= 15 is 0 Å². The molecule has 1 aromatic heterocycles. The number of nitrogens with zero attached hydrogens (tertiary/aromatic N) is 2. The molecule has 1 rings (SSSR count). The van der Waals surface area contributed by atoms with Gasteiger partial charge in [-0.25, -0.2) is 4.98 Å². The molecule has 0 aliphatic heterocycles. The molecule has 0 unspecified atom stereocenters. The number of rotatable bonds is 7. The molecule has 100 valence electrons. The van der Waals surface area contributed by atoms with Gasteiger partial charge in [0, 0.05) is 26.4 Å². The highest BCUT2D eigenvalue weighted by molar-refractivity contribution is 7.80. The lowest BCUT2D eigenvalue weighted by atomic mass is 10.1. The zero-order chi connectivity index (χ0) is 13.5. The van der Waals surface area contributed by atoms with Gasteiger partial charge in [0.05, 0.1) is 18.8 Å². The number of hydrogen-bond donors (Lipinski definition) is 2. The summed E-state index contributed by atoms with van der Waals surface area (Å²) in [6.45, 7) is 3.62. The molecule has 3 N–H and O–H groups in total. The van der Waals surface area contributed by atoms with E-state index in [0.29, 0.717) is 30.5 Å². The van der Waals surface area contributed by atoms with Gasteiger partial charge in [-0.3, -0.25) is 0 Å². The molecule has 0 aliphatic rings. The van der Waals surface area contributed by atoms with Crippen LogP contribution in [-0.4, -0.2) is 48.5 Å². The number of aliphatic hydroxyl groups excluding tert-OH is 1. The lowest BCUT2D eigenvalue weighted by molar-refractivity contribution is 0.202. The first-order valence-corrected chi connectivity index (χ1v) is 6.12. The van der Waals surface area contributed by atoms with Crippen LogP contribution in [0.15, 0.2) is 12.3 Å². The lowest BCUT2D eigenvalue weighted by Crippen LogP contribution is -2.33. The Bertz CT molecular complexity index is 412. The van der Waals surface area contributed by atoms with Crippen molar-refractivity contribution in [1.29, 1.82) is 0 Å². The molecule has 0 atom stereocenters. The minimum Gasteiger partial charge on any atom is -0.395 e. The molecule has 1 aromatic rings. The van der Waals surface area contributed by atoms with E-state index in [4.69, 9.17) is 27.8 Å². The fourth-order valence-electron chi connectivity index (χ4n) is 1.73. The van der Waals surface area contributed by atoms with Crippen molar-refractivity contribution < 1.29 is 9.84 Å². The number of aromatic nitrogens is 1. The highest BCUT2D eigenvalue weighted by atomic mass is 32.1. The van der Waals surface area contributed by atoms with E-state index in [1.54, 1.807) is 13.3 Å². The van der Waals surface area contributed by atoms with Crippen LogP contribution in [0.5, 0.6) is 0 Å². The Hall–Kier alpha value is -1.24. The summed E-state index contributed by atoms with van der Waals surface area (Å²) in [6, 6.07) is 1.87. The van der Waals surface area contributed by atoms with Crippen LogP contribution in [-0.2, 0) is 4.74 Å². The molecule has 0 saturated heterocycles. The fourth-order valence-corrected chi connectivity index (χ4v) is 1.99. The van der Waals surface area contributed by atoms with Crippen LogP contribution in [0, 0.1) is 6.92 Å². The van der Waals surface area contributed by atoms with Crippen molar-refractivity contribution in [3.05, 3.63) is 23.4 Å². The van der Waals surface area contributed by atoms with Crippen LogP contribution in [0.2, 0.25) is 0 Å². The van der Waals surface area contributed by atoms with E-state index in [1.165, 1.54) is 0 Å². The maximum Gasteiger partial charge on any atom is 0.139 e. The van der Waals surface area contributed by atoms with Crippen molar-refractivity contribution >= 4 is 23.0 Å². The SMILES string of the molecule is COCCN(CCO)c1nccc(C)c1C(N)=S. The van der Waals surface area contributed by atoms with Gasteiger partial charge in [0.2, 0.25) is 0 Å². The minimum absolute atomic E-state index is 0.0378. The summed E-state index contributed by atoms with van der Waals surface area (Å²) in [6.07, 6.45) is 1.71. The quantitative estimate of drug-likeness (QED) is 0.701. The monoisotopic (exact) mass is 269 g/mol. The largest absolute Gasteiger partial charge is 0.395 e. The van der Waals surface area contributed by atoms with Crippen LogP contribution < -0.4 is 10.6 Å². The minimum atomic E-state index is 0.0378. The van der Waals surface area contributed by atoms with E-state index in [-0.39, 0.29) is 6.61 Å². The average molecular weight is 269 g/mol. The molecule has 0 amide bonds. The van der Waals surface area contributed by atoms with Crippen LogP contribution in [0.1, 0.15) is 11.1 Å². The van der Waals surface area contributed by atoms with Crippen molar-refractivity contribution in [2.45, 2.75) is 6.92 Å². The second-order valence-corrected chi connectivity index (χ2v) is 4.33. The maximum absolute atomic E-state index is 9.12. The maximum atomic E-state index is 9.12.